The number of nitrogens with one attached hydrogen (secondary N) is 5. The molecule has 7 heteroatoms. The number of hydrogen-bond donors (Lipinski definition) is 5. The van der Waals surface area contributed by atoms with E-state index in [4.69, 9.17) is 0 Å². The van der Waals surface area contributed by atoms with Crippen LogP contribution in [0.15, 0.2) is 12.3 Å². The predicted molar refractivity (Wildman–Crippen MR) is 113 cm³/mol. The number of carbonyl (C=O) groups excluding carboxylic acids is 2. The summed E-state index contributed by atoms with van der Waals surface area (Å²) >= 11 is 0. The number of hydrogen-bond acceptors (Lipinski definition) is 4. The second-order valence-electron chi connectivity index (χ2n) is 7.36. The van der Waals surface area contributed by atoms with Crippen molar-refractivity contribution < 1.29 is 9.59 Å². The molecule has 0 saturated heterocycles. The van der Waals surface area contributed by atoms with E-state index in [1.165, 1.54) is 0 Å². The Bertz CT molecular complexity index is 442. The van der Waals surface area contributed by atoms with Crippen molar-refractivity contribution in [3.05, 3.63) is 12.3 Å². The molecule has 3 unspecified atom stereocenters. The van der Waals surface area contributed by atoms with Crippen LogP contribution in [0.5, 0.6) is 0 Å². The average Bonchev–Trinajstić information content (AvgIpc) is 2.61. The maximum Gasteiger partial charge on any atom is 0.315 e. The molecule has 0 heterocycles. The fraction of sp³-hybridized carbons (Fsp3) is 0.800. The van der Waals surface area contributed by atoms with E-state index >= 15 is 0 Å². The normalized spacial score (nSPS) is 14.0. The Balaban J connectivity index is 3.75. The van der Waals surface area contributed by atoms with Crippen LogP contribution in [0, 0.1) is 0 Å². The summed E-state index contributed by atoms with van der Waals surface area (Å²) in [4.78, 5) is 23.6. The monoisotopic (exact) mass is 383 g/mol. The minimum Gasteiger partial charge on any atom is -0.387 e. The molecular formula is C20H41N5O2. The Morgan fingerprint density at radius 2 is 1.41 bits per heavy atom. The van der Waals surface area contributed by atoms with E-state index in [9.17, 15) is 9.59 Å². The van der Waals surface area contributed by atoms with Crippen LogP contribution in [0.25, 0.3) is 0 Å². The van der Waals surface area contributed by atoms with Gasteiger partial charge in [0.05, 0.1) is 0 Å². The van der Waals surface area contributed by atoms with Crippen molar-refractivity contribution in [1.82, 2.24) is 26.6 Å². The zero-order chi connectivity index (χ0) is 20.7. The van der Waals surface area contributed by atoms with Crippen LogP contribution in [0.3, 0.4) is 0 Å². The summed E-state index contributed by atoms with van der Waals surface area (Å²) in [7, 11) is 1.90. The first-order valence-corrected chi connectivity index (χ1v) is 10.2. The fourth-order valence-electron chi connectivity index (χ4n) is 2.57. The molecular weight excluding hydrogens is 342 g/mol. The third kappa shape index (κ3) is 15.0. The van der Waals surface area contributed by atoms with Crippen LogP contribution in [0.4, 0.5) is 4.79 Å². The molecule has 0 aliphatic carbocycles. The minimum atomic E-state index is -0.114. The van der Waals surface area contributed by atoms with Crippen molar-refractivity contribution >= 4 is 11.9 Å². The summed E-state index contributed by atoms with van der Waals surface area (Å²) < 4.78 is 0. The van der Waals surface area contributed by atoms with E-state index in [2.05, 4.69) is 47.0 Å². The zero-order valence-corrected chi connectivity index (χ0v) is 17.9. The molecule has 0 fully saturated rings. The van der Waals surface area contributed by atoms with E-state index < -0.39 is 0 Å². The lowest BCUT2D eigenvalue weighted by Crippen LogP contribution is -2.44. The van der Waals surface area contributed by atoms with E-state index in [1.807, 2.05) is 20.9 Å². The van der Waals surface area contributed by atoms with Gasteiger partial charge in [-0.25, -0.2) is 4.79 Å². The molecule has 7 nitrogen and oxygen atoms in total. The molecule has 5 N–H and O–H groups in total. The SMILES string of the molecule is C=C(CCC(C)NC(=O)NC(C)CCC)NCCNC(=O)CCC(C)NC. The second-order valence-corrected chi connectivity index (χ2v) is 7.36. The van der Waals surface area contributed by atoms with E-state index in [0.29, 0.717) is 25.6 Å². The molecule has 3 atom stereocenters. The smallest absolute Gasteiger partial charge is 0.315 e. The van der Waals surface area contributed by atoms with Crippen molar-refractivity contribution in [3.8, 4) is 0 Å². The number of carbonyl (C=O) groups is 2. The van der Waals surface area contributed by atoms with Gasteiger partial charge in [0.1, 0.15) is 0 Å². The van der Waals surface area contributed by atoms with Crippen LogP contribution < -0.4 is 26.6 Å². The largest absolute Gasteiger partial charge is 0.387 e. The fourth-order valence-corrected chi connectivity index (χ4v) is 2.57. The van der Waals surface area contributed by atoms with Gasteiger partial charge in [0.25, 0.3) is 0 Å². The first-order chi connectivity index (χ1) is 12.8. The lowest BCUT2D eigenvalue weighted by Gasteiger charge is -2.18. The maximum absolute atomic E-state index is 11.9. The van der Waals surface area contributed by atoms with Crippen LogP contribution in [-0.2, 0) is 4.79 Å². The second kappa shape index (κ2) is 15.3. The predicted octanol–water partition coefficient (Wildman–Crippen LogP) is 2.25. The van der Waals surface area contributed by atoms with Gasteiger partial charge in [-0.1, -0.05) is 19.9 Å². The summed E-state index contributed by atoms with van der Waals surface area (Å²) in [5.74, 6) is 0.0747. The molecule has 0 aliphatic rings. The standard InChI is InChI=1S/C20H41N5O2/c1-7-8-17(4)24-20(27)25-18(5)10-9-16(3)22-13-14-23-19(26)12-11-15(2)21-6/h15,17-18,21-22H,3,7-14H2,1-2,4-6H3,(H,23,26)(H2,24,25,27). The van der Waals surface area contributed by atoms with Gasteiger partial charge in [-0.2, -0.15) is 0 Å². The number of amides is 3. The molecule has 0 spiro atoms. The van der Waals surface area contributed by atoms with Crippen molar-refractivity contribution in [3.63, 3.8) is 0 Å². The number of rotatable bonds is 15. The van der Waals surface area contributed by atoms with Gasteiger partial charge in [0.2, 0.25) is 5.91 Å². The van der Waals surface area contributed by atoms with E-state index in [-0.39, 0.29) is 24.0 Å². The summed E-state index contributed by atoms with van der Waals surface area (Å²) in [6.45, 7) is 13.4. The molecule has 0 aromatic carbocycles. The van der Waals surface area contributed by atoms with Crippen LogP contribution in [0.1, 0.15) is 66.2 Å². The van der Waals surface area contributed by atoms with Crippen molar-refractivity contribution in [1.29, 1.82) is 0 Å². The van der Waals surface area contributed by atoms with Gasteiger partial charge in [-0.3, -0.25) is 4.79 Å². The molecule has 0 aliphatic heterocycles. The minimum absolute atomic E-state index is 0.0747. The first kappa shape index (κ1) is 25.2. The molecule has 158 valence electrons. The third-order valence-corrected chi connectivity index (χ3v) is 4.48. The molecule has 0 aromatic rings. The summed E-state index contributed by atoms with van der Waals surface area (Å²) in [6, 6.07) is 0.500. The van der Waals surface area contributed by atoms with Gasteiger partial charge < -0.3 is 26.6 Å². The Morgan fingerprint density at radius 3 is 2.00 bits per heavy atom. The van der Waals surface area contributed by atoms with Gasteiger partial charge in [-0.05, 0) is 53.5 Å². The highest BCUT2D eigenvalue weighted by Gasteiger charge is 2.10. The highest BCUT2D eigenvalue weighted by molar-refractivity contribution is 5.75. The highest BCUT2D eigenvalue weighted by atomic mass is 16.2. The van der Waals surface area contributed by atoms with Crippen molar-refractivity contribution in [2.75, 3.05) is 20.1 Å². The van der Waals surface area contributed by atoms with E-state index in [1.54, 1.807) is 0 Å². The summed E-state index contributed by atoms with van der Waals surface area (Å²) in [5.41, 5.74) is 0.918. The Morgan fingerprint density at radius 1 is 0.852 bits per heavy atom. The van der Waals surface area contributed by atoms with Crippen molar-refractivity contribution in [2.45, 2.75) is 84.3 Å². The summed E-state index contributed by atoms with van der Waals surface area (Å²) in [5, 5.41) is 15.1. The van der Waals surface area contributed by atoms with Gasteiger partial charge >= 0.3 is 6.03 Å². The van der Waals surface area contributed by atoms with Gasteiger partial charge in [0.15, 0.2) is 0 Å². The Hall–Kier alpha value is -1.76. The Kier molecular flexibility index (Phi) is 14.3. The van der Waals surface area contributed by atoms with Crippen LogP contribution in [0.2, 0.25) is 0 Å². The number of urea groups is 1. The summed E-state index contributed by atoms with van der Waals surface area (Å²) in [6.07, 6.45) is 4.99. The van der Waals surface area contributed by atoms with E-state index in [0.717, 1.165) is 37.8 Å². The van der Waals surface area contributed by atoms with Gasteiger partial charge in [-0.15, -0.1) is 0 Å². The van der Waals surface area contributed by atoms with Crippen LogP contribution >= 0.6 is 0 Å². The molecule has 0 aromatic heterocycles. The topological polar surface area (TPSA) is 94.3 Å². The molecule has 27 heavy (non-hydrogen) atoms. The quantitative estimate of drug-likeness (QED) is 0.280. The molecule has 0 radical (unpaired) electrons. The molecule has 0 bridgehead atoms. The van der Waals surface area contributed by atoms with Crippen molar-refractivity contribution in [2.24, 2.45) is 0 Å². The lowest BCUT2D eigenvalue weighted by molar-refractivity contribution is -0.121. The maximum atomic E-state index is 11.9. The highest BCUT2D eigenvalue weighted by Crippen LogP contribution is 2.03. The number of allylic oxidation sites excluding steroid dienone is 1. The molecule has 0 saturated carbocycles. The zero-order valence-electron chi connectivity index (χ0n) is 17.9. The first-order valence-electron chi connectivity index (χ1n) is 10.2. The Labute approximate surface area is 165 Å². The van der Waals surface area contributed by atoms with Gasteiger partial charge in [0, 0.05) is 43.3 Å². The lowest BCUT2D eigenvalue weighted by atomic mass is 10.1. The van der Waals surface area contributed by atoms with Crippen LogP contribution in [-0.4, -0.2) is 50.2 Å². The average molecular weight is 384 g/mol. The molecule has 3 amide bonds. The third-order valence-electron chi connectivity index (χ3n) is 4.48. The molecule has 0 rings (SSSR count).